The monoisotopic (exact) mass is 204 g/mol. The maximum absolute atomic E-state index is 10.6. The molecule has 2 atom stereocenters. The summed E-state index contributed by atoms with van der Waals surface area (Å²) in [6.45, 7) is 3.04. The van der Waals surface area contributed by atoms with Gasteiger partial charge in [-0.1, -0.05) is 19.1 Å². The number of carbonyl (C=O) groups excluding carboxylic acids is 1. The molecule has 2 nitrogen and oxygen atoms in total. The van der Waals surface area contributed by atoms with Crippen LogP contribution in [-0.4, -0.2) is 12.9 Å². The van der Waals surface area contributed by atoms with E-state index < -0.39 is 0 Å². The minimum atomic E-state index is 0.675. The molecule has 0 aromatic heterocycles. The van der Waals surface area contributed by atoms with Gasteiger partial charge in [0.05, 0.1) is 6.61 Å². The van der Waals surface area contributed by atoms with E-state index in [1.165, 1.54) is 12.8 Å². The van der Waals surface area contributed by atoms with Crippen molar-refractivity contribution in [2.45, 2.75) is 19.8 Å². The normalized spacial score (nSPS) is 24.3. The van der Waals surface area contributed by atoms with Crippen LogP contribution >= 0.6 is 0 Å². The lowest BCUT2D eigenvalue weighted by Gasteiger charge is -2.33. The molecule has 0 amide bonds. The van der Waals surface area contributed by atoms with E-state index in [4.69, 9.17) is 4.74 Å². The van der Waals surface area contributed by atoms with Gasteiger partial charge in [0.25, 0.3) is 0 Å². The van der Waals surface area contributed by atoms with Crippen molar-refractivity contribution in [1.82, 2.24) is 0 Å². The molecule has 2 rings (SSSR count). The number of hydrogen-bond acceptors (Lipinski definition) is 2. The predicted octanol–water partition coefficient (Wildman–Crippen LogP) is 2.92. The Kier molecular flexibility index (Phi) is 3.05. The molecular weight excluding hydrogens is 188 g/mol. The predicted molar refractivity (Wildman–Crippen MR) is 59.2 cm³/mol. The number of rotatable bonds is 4. The number of benzene rings is 1. The first-order valence-corrected chi connectivity index (χ1v) is 5.47. The van der Waals surface area contributed by atoms with Crippen LogP contribution in [0.15, 0.2) is 24.3 Å². The first kappa shape index (κ1) is 10.2. The average molecular weight is 204 g/mol. The molecule has 15 heavy (non-hydrogen) atoms. The largest absolute Gasteiger partial charge is 0.493 e. The fourth-order valence-corrected chi connectivity index (χ4v) is 1.86. The Labute approximate surface area is 90.3 Å². The lowest BCUT2D eigenvalue weighted by molar-refractivity contribution is 0.111. The summed E-state index contributed by atoms with van der Waals surface area (Å²) in [5, 5.41) is 0. The quantitative estimate of drug-likeness (QED) is 0.705. The second-order valence-electron chi connectivity index (χ2n) is 4.32. The summed E-state index contributed by atoms with van der Waals surface area (Å²) in [6, 6.07) is 7.32. The van der Waals surface area contributed by atoms with Gasteiger partial charge in [-0.2, -0.15) is 0 Å². The van der Waals surface area contributed by atoms with E-state index in [1.807, 2.05) is 12.1 Å². The van der Waals surface area contributed by atoms with Crippen LogP contribution in [0.3, 0.4) is 0 Å². The van der Waals surface area contributed by atoms with Crippen LogP contribution in [0.25, 0.3) is 0 Å². The second kappa shape index (κ2) is 4.47. The topological polar surface area (TPSA) is 26.3 Å². The third-order valence-corrected chi connectivity index (χ3v) is 3.26. The molecule has 0 aliphatic heterocycles. The molecule has 0 heterocycles. The van der Waals surface area contributed by atoms with Crippen molar-refractivity contribution in [1.29, 1.82) is 0 Å². The Morgan fingerprint density at radius 2 is 2.33 bits per heavy atom. The molecule has 2 unspecified atom stereocenters. The molecule has 1 fully saturated rings. The molecule has 0 N–H and O–H groups in total. The van der Waals surface area contributed by atoms with Crippen molar-refractivity contribution < 1.29 is 9.53 Å². The summed E-state index contributed by atoms with van der Waals surface area (Å²) < 4.78 is 5.66. The highest BCUT2D eigenvalue weighted by Gasteiger charge is 2.26. The van der Waals surface area contributed by atoms with Gasteiger partial charge in [-0.15, -0.1) is 0 Å². The molecule has 1 aliphatic carbocycles. The van der Waals surface area contributed by atoms with E-state index in [1.54, 1.807) is 12.1 Å². The van der Waals surface area contributed by atoms with E-state index in [2.05, 4.69) is 6.92 Å². The third kappa shape index (κ3) is 2.38. The fraction of sp³-hybridized carbons (Fsp3) is 0.462. The maximum Gasteiger partial charge on any atom is 0.150 e. The molecular formula is C13H16O2. The smallest absolute Gasteiger partial charge is 0.150 e. The number of hydrogen-bond donors (Lipinski definition) is 0. The number of aldehydes is 1. The highest BCUT2D eigenvalue weighted by atomic mass is 16.5. The van der Waals surface area contributed by atoms with Gasteiger partial charge in [0.1, 0.15) is 12.0 Å². The zero-order valence-electron chi connectivity index (χ0n) is 8.98. The molecule has 1 aromatic rings. The fourth-order valence-electron chi connectivity index (χ4n) is 1.86. The highest BCUT2D eigenvalue weighted by Crippen LogP contribution is 2.33. The van der Waals surface area contributed by atoms with Gasteiger partial charge in [-0.3, -0.25) is 4.79 Å². The van der Waals surface area contributed by atoms with Crippen LogP contribution in [0.1, 0.15) is 30.1 Å². The Hall–Kier alpha value is -1.31. The Balaban J connectivity index is 1.89. The van der Waals surface area contributed by atoms with Crippen LogP contribution in [0.4, 0.5) is 0 Å². The molecule has 0 radical (unpaired) electrons. The molecule has 1 saturated carbocycles. The first-order chi connectivity index (χ1) is 7.29. The van der Waals surface area contributed by atoms with Crippen molar-refractivity contribution in [3.8, 4) is 5.75 Å². The van der Waals surface area contributed by atoms with Crippen LogP contribution in [-0.2, 0) is 0 Å². The number of ether oxygens (including phenoxy) is 1. The molecule has 80 valence electrons. The lowest BCUT2D eigenvalue weighted by atomic mass is 9.75. The van der Waals surface area contributed by atoms with Gasteiger partial charge in [0, 0.05) is 5.56 Å². The SMILES string of the molecule is CC1CCC1COc1cccc(C=O)c1. The van der Waals surface area contributed by atoms with Gasteiger partial charge >= 0.3 is 0 Å². The molecule has 1 aromatic carbocycles. The molecule has 2 heteroatoms. The minimum absolute atomic E-state index is 0.675. The van der Waals surface area contributed by atoms with Gasteiger partial charge in [-0.25, -0.2) is 0 Å². The van der Waals surface area contributed by atoms with Crippen molar-refractivity contribution in [3.63, 3.8) is 0 Å². The molecule has 0 saturated heterocycles. The highest BCUT2D eigenvalue weighted by molar-refractivity contribution is 5.75. The maximum atomic E-state index is 10.6. The van der Waals surface area contributed by atoms with Gasteiger partial charge in [0.15, 0.2) is 0 Å². The summed E-state index contributed by atoms with van der Waals surface area (Å²) in [6.07, 6.45) is 3.44. The van der Waals surface area contributed by atoms with Crippen LogP contribution in [0, 0.1) is 11.8 Å². The summed E-state index contributed by atoms with van der Waals surface area (Å²) in [5.41, 5.74) is 0.675. The van der Waals surface area contributed by atoms with Crippen molar-refractivity contribution >= 4 is 6.29 Å². The van der Waals surface area contributed by atoms with E-state index in [-0.39, 0.29) is 0 Å². The van der Waals surface area contributed by atoms with E-state index in [0.717, 1.165) is 24.6 Å². The zero-order valence-corrected chi connectivity index (χ0v) is 8.98. The zero-order chi connectivity index (χ0) is 10.7. The van der Waals surface area contributed by atoms with Crippen LogP contribution < -0.4 is 4.74 Å². The van der Waals surface area contributed by atoms with Crippen molar-refractivity contribution in [2.24, 2.45) is 11.8 Å². The van der Waals surface area contributed by atoms with Crippen LogP contribution in [0.2, 0.25) is 0 Å². The summed E-state index contributed by atoms with van der Waals surface area (Å²) >= 11 is 0. The number of carbonyl (C=O) groups is 1. The summed E-state index contributed by atoms with van der Waals surface area (Å²) in [5.74, 6) is 2.29. The van der Waals surface area contributed by atoms with Gasteiger partial charge in [-0.05, 0) is 36.8 Å². The Bertz CT molecular complexity index is 346. The van der Waals surface area contributed by atoms with E-state index in [9.17, 15) is 4.79 Å². The van der Waals surface area contributed by atoms with Crippen molar-refractivity contribution in [3.05, 3.63) is 29.8 Å². The van der Waals surface area contributed by atoms with Gasteiger partial charge in [0.2, 0.25) is 0 Å². The van der Waals surface area contributed by atoms with Gasteiger partial charge < -0.3 is 4.74 Å². The molecule has 0 spiro atoms. The summed E-state index contributed by atoms with van der Waals surface area (Å²) in [7, 11) is 0. The van der Waals surface area contributed by atoms with Crippen LogP contribution in [0.5, 0.6) is 5.75 Å². The van der Waals surface area contributed by atoms with Crippen molar-refractivity contribution in [2.75, 3.05) is 6.61 Å². The first-order valence-electron chi connectivity index (χ1n) is 5.47. The Morgan fingerprint density at radius 3 is 2.93 bits per heavy atom. The van der Waals surface area contributed by atoms with E-state index in [0.29, 0.717) is 11.5 Å². The Morgan fingerprint density at radius 1 is 1.47 bits per heavy atom. The standard InChI is InChI=1S/C13H16O2/c1-10-5-6-12(10)9-15-13-4-2-3-11(7-13)8-14/h2-4,7-8,10,12H,5-6,9H2,1H3. The molecule has 1 aliphatic rings. The third-order valence-electron chi connectivity index (χ3n) is 3.26. The minimum Gasteiger partial charge on any atom is -0.493 e. The summed E-state index contributed by atoms with van der Waals surface area (Å²) in [4.78, 5) is 10.6. The van der Waals surface area contributed by atoms with E-state index >= 15 is 0 Å². The second-order valence-corrected chi connectivity index (χ2v) is 4.32. The average Bonchev–Trinajstić information content (AvgIpc) is 2.27. The lowest BCUT2D eigenvalue weighted by Crippen LogP contribution is -2.28. The molecule has 0 bridgehead atoms.